The van der Waals surface area contributed by atoms with Crippen molar-refractivity contribution < 1.29 is 14.3 Å². The van der Waals surface area contributed by atoms with Gasteiger partial charge in [0, 0.05) is 13.1 Å². The fraction of sp³-hybridized carbons (Fsp3) is 0.160. The highest BCUT2D eigenvalue weighted by Crippen LogP contribution is 2.33. The van der Waals surface area contributed by atoms with Gasteiger partial charge in [-0.15, -0.1) is 0 Å². The van der Waals surface area contributed by atoms with Gasteiger partial charge in [-0.05, 0) is 35.7 Å². The molecule has 5 nitrogen and oxygen atoms in total. The molecule has 0 saturated heterocycles. The molecule has 0 fully saturated rings. The maximum Gasteiger partial charge on any atom is 0.379 e. The van der Waals surface area contributed by atoms with E-state index in [1.54, 1.807) is 6.07 Å². The summed E-state index contributed by atoms with van der Waals surface area (Å²) < 4.78 is 5.51. The summed E-state index contributed by atoms with van der Waals surface area (Å²) in [5.74, 6) is -1.56. The Balaban J connectivity index is 1.77. The van der Waals surface area contributed by atoms with Crippen molar-refractivity contribution in [2.24, 2.45) is 0 Å². The minimum Gasteiger partial charge on any atom is -0.463 e. The van der Waals surface area contributed by atoms with E-state index in [0.29, 0.717) is 18.6 Å². The normalized spacial score (nSPS) is 10.8. The zero-order chi connectivity index (χ0) is 21.8. The number of hydrogen-bond donors (Lipinski definition) is 0. The third kappa shape index (κ3) is 4.64. The maximum atomic E-state index is 12.6. The fourth-order valence-corrected chi connectivity index (χ4v) is 4.55. The van der Waals surface area contributed by atoms with Crippen LogP contribution in [0.1, 0.15) is 27.0 Å². The summed E-state index contributed by atoms with van der Waals surface area (Å²) in [5, 5.41) is 0.798. The van der Waals surface area contributed by atoms with Crippen LogP contribution in [0.3, 0.4) is 0 Å². The molecule has 0 aliphatic carbocycles. The highest BCUT2D eigenvalue weighted by atomic mass is 32.1. The van der Waals surface area contributed by atoms with E-state index in [1.165, 1.54) is 29.6 Å². The number of nitrogens with zero attached hydrogens (tertiary/aromatic N) is 2. The second-order valence-electron chi connectivity index (χ2n) is 7.30. The third-order valence-electron chi connectivity index (χ3n) is 4.95. The van der Waals surface area contributed by atoms with Gasteiger partial charge in [0.15, 0.2) is 5.13 Å². The number of fused-ring (bicyclic) bond motifs is 1. The van der Waals surface area contributed by atoms with Crippen molar-refractivity contribution in [3.05, 3.63) is 95.1 Å². The molecule has 0 bridgehead atoms. The Morgan fingerprint density at radius 1 is 0.935 bits per heavy atom. The lowest BCUT2D eigenvalue weighted by Crippen LogP contribution is -2.22. The van der Waals surface area contributed by atoms with E-state index < -0.39 is 11.8 Å². The Kier molecular flexibility index (Phi) is 6.09. The molecular formula is C25H22N2O3S. The zero-order valence-electron chi connectivity index (χ0n) is 17.4. The van der Waals surface area contributed by atoms with E-state index >= 15 is 0 Å². The number of carbonyl (C=O) groups is 2. The van der Waals surface area contributed by atoms with Crippen LogP contribution >= 0.6 is 11.3 Å². The van der Waals surface area contributed by atoms with Crippen LogP contribution in [0, 0.1) is 6.92 Å². The number of aromatic nitrogens is 1. The summed E-state index contributed by atoms with van der Waals surface area (Å²) in [6.45, 7) is 3.25. The Morgan fingerprint density at radius 2 is 1.52 bits per heavy atom. The molecule has 31 heavy (non-hydrogen) atoms. The molecule has 156 valence electrons. The first-order valence-corrected chi connectivity index (χ1v) is 10.7. The second kappa shape index (κ2) is 9.10. The predicted molar refractivity (Wildman–Crippen MR) is 123 cm³/mol. The van der Waals surface area contributed by atoms with E-state index in [-0.39, 0.29) is 5.56 Å². The van der Waals surface area contributed by atoms with Gasteiger partial charge >= 0.3 is 5.97 Å². The summed E-state index contributed by atoms with van der Waals surface area (Å²) in [7, 11) is 1.21. The summed E-state index contributed by atoms with van der Waals surface area (Å²) in [5.41, 5.74) is 4.04. The van der Waals surface area contributed by atoms with Gasteiger partial charge in [0.25, 0.3) is 5.78 Å². The number of rotatable bonds is 7. The second-order valence-corrected chi connectivity index (χ2v) is 8.31. The number of thiazole rings is 1. The highest BCUT2D eigenvalue weighted by molar-refractivity contribution is 7.22. The predicted octanol–water partition coefficient (Wildman–Crippen LogP) is 5.17. The van der Waals surface area contributed by atoms with Crippen molar-refractivity contribution in [1.82, 2.24) is 4.98 Å². The van der Waals surface area contributed by atoms with E-state index in [1.807, 2.05) is 49.4 Å². The number of hydrogen-bond acceptors (Lipinski definition) is 6. The molecule has 0 spiro atoms. The lowest BCUT2D eigenvalue weighted by molar-refractivity contribution is -0.135. The standard InChI is InChI=1S/C25H22N2O3S/c1-17-13-20(23(28)24(29)30-2)22-21(14-17)31-25(26-22)27(15-18-9-5-3-6-10-18)16-19-11-7-4-8-12-19/h3-14H,15-16H2,1-2H3. The van der Waals surface area contributed by atoms with Crippen molar-refractivity contribution in [2.45, 2.75) is 20.0 Å². The van der Waals surface area contributed by atoms with Crippen molar-refractivity contribution in [3.63, 3.8) is 0 Å². The first-order valence-electron chi connectivity index (χ1n) is 9.92. The van der Waals surface area contributed by atoms with Gasteiger partial charge in [-0.2, -0.15) is 0 Å². The van der Waals surface area contributed by atoms with Gasteiger partial charge in [-0.25, -0.2) is 9.78 Å². The molecule has 0 N–H and O–H groups in total. The number of aryl methyl sites for hydroxylation is 1. The van der Waals surface area contributed by atoms with Crippen LogP contribution in [-0.2, 0) is 22.6 Å². The molecule has 0 aliphatic rings. The topological polar surface area (TPSA) is 59.5 Å². The smallest absolute Gasteiger partial charge is 0.379 e. The fourth-order valence-electron chi connectivity index (χ4n) is 3.47. The van der Waals surface area contributed by atoms with Gasteiger partial charge in [0.1, 0.15) is 0 Å². The van der Waals surface area contributed by atoms with Crippen LogP contribution in [0.2, 0.25) is 0 Å². The van der Waals surface area contributed by atoms with Crippen LogP contribution in [0.15, 0.2) is 72.8 Å². The molecule has 0 saturated carbocycles. The molecule has 4 aromatic rings. The molecule has 1 heterocycles. The Hall–Kier alpha value is -3.51. The molecule has 4 rings (SSSR count). The Bertz CT molecular complexity index is 1180. The van der Waals surface area contributed by atoms with E-state index in [9.17, 15) is 9.59 Å². The van der Waals surface area contributed by atoms with Gasteiger partial charge in [0.05, 0.1) is 22.9 Å². The number of ketones is 1. The number of carbonyl (C=O) groups excluding carboxylic acids is 2. The monoisotopic (exact) mass is 430 g/mol. The van der Waals surface area contributed by atoms with Gasteiger partial charge in [0.2, 0.25) is 0 Å². The molecule has 0 amide bonds. The molecule has 6 heteroatoms. The minimum absolute atomic E-state index is 0.281. The SMILES string of the molecule is COC(=O)C(=O)c1cc(C)cc2sc(N(Cc3ccccc3)Cc3ccccc3)nc12. The van der Waals surface area contributed by atoms with Crippen molar-refractivity contribution in [1.29, 1.82) is 0 Å². The maximum absolute atomic E-state index is 12.6. The quantitative estimate of drug-likeness (QED) is 0.230. The van der Waals surface area contributed by atoms with E-state index in [2.05, 4.69) is 33.9 Å². The van der Waals surface area contributed by atoms with Crippen LogP contribution in [0.25, 0.3) is 10.2 Å². The number of anilines is 1. The molecule has 0 aliphatic heterocycles. The molecule has 0 atom stereocenters. The molecule has 3 aromatic carbocycles. The molecule has 1 aromatic heterocycles. The summed E-state index contributed by atoms with van der Waals surface area (Å²) >= 11 is 1.52. The van der Waals surface area contributed by atoms with Gasteiger partial charge in [-0.3, -0.25) is 4.79 Å². The van der Waals surface area contributed by atoms with E-state index in [4.69, 9.17) is 4.98 Å². The lowest BCUT2D eigenvalue weighted by atomic mass is 10.1. The minimum atomic E-state index is -0.883. The lowest BCUT2D eigenvalue weighted by Gasteiger charge is -2.22. The summed E-state index contributed by atoms with van der Waals surface area (Å²) in [4.78, 5) is 31.5. The van der Waals surface area contributed by atoms with E-state index in [0.717, 1.165) is 15.4 Å². The molecular weight excluding hydrogens is 408 g/mol. The van der Waals surface area contributed by atoms with Gasteiger partial charge in [-0.1, -0.05) is 72.0 Å². The average Bonchev–Trinajstić information content (AvgIpc) is 3.22. The van der Waals surface area contributed by atoms with Crippen molar-refractivity contribution in [3.8, 4) is 0 Å². The Morgan fingerprint density at radius 3 is 2.06 bits per heavy atom. The van der Waals surface area contributed by atoms with Crippen LogP contribution in [0.4, 0.5) is 5.13 Å². The van der Waals surface area contributed by atoms with Crippen LogP contribution in [-0.4, -0.2) is 23.8 Å². The average molecular weight is 431 g/mol. The van der Waals surface area contributed by atoms with Crippen LogP contribution in [0.5, 0.6) is 0 Å². The largest absolute Gasteiger partial charge is 0.463 e. The number of Topliss-reactive ketones (excluding diaryl/α,β-unsaturated/α-hetero) is 1. The number of methoxy groups -OCH3 is 1. The first kappa shape index (κ1) is 20.8. The number of ether oxygens (including phenoxy) is 1. The first-order chi connectivity index (χ1) is 15.0. The Labute approximate surface area is 184 Å². The zero-order valence-corrected chi connectivity index (χ0v) is 18.2. The van der Waals surface area contributed by atoms with Crippen molar-refractivity contribution in [2.75, 3.05) is 12.0 Å². The van der Waals surface area contributed by atoms with Gasteiger partial charge < -0.3 is 9.64 Å². The van der Waals surface area contributed by atoms with Crippen LogP contribution < -0.4 is 4.90 Å². The number of benzene rings is 3. The highest BCUT2D eigenvalue weighted by Gasteiger charge is 2.23. The third-order valence-corrected chi connectivity index (χ3v) is 6.01. The molecule has 0 radical (unpaired) electrons. The number of esters is 1. The summed E-state index contributed by atoms with van der Waals surface area (Å²) in [6.07, 6.45) is 0. The van der Waals surface area contributed by atoms with Crippen molar-refractivity contribution >= 4 is 38.4 Å². The summed E-state index contributed by atoms with van der Waals surface area (Å²) in [6, 6.07) is 24.1. The molecule has 0 unspecified atom stereocenters.